The maximum Gasteiger partial charge on any atom is 0.319 e. The summed E-state index contributed by atoms with van der Waals surface area (Å²) in [6.45, 7) is 5.11. The molecule has 2 saturated heterocycles. The van der Waals surface area contributed by atoms with Crippen molar-refractivity contribution in [3.63, 3.8) is 0 Å². The summed E-state index contributed by atoms with van der Waals surface area (Å²) >= 11 is 0. The summed E-state index contributed by atoms with van der Waals surface area (Å²) in [5, 5.41) is 4.01. The molecule has 1 aromatic heterocycles. The summed E-state index contributed by atoms with van der Waals surface area (Å²) in [5.74, 6) is 0.176. The number of carbonyl (C=O) groups is 2. The first-order valence-corrected chi connectivity index (χ1v) is 9.46. The summed E-state index contributed by atoms with van der Waals surface area (Å²) < 4.78 is 5.75. The van der Waals surface area contributed by atoms with E-state index >= 15 is 0 Å². The lowest BCUT2D eigenvalue weighted by molar-refractivity contribution is 0.0887. The van der Waals surface area contributed by atoms with E-state index in [-0.39, 0.29) is 18.0 Å². The number of piperidine rings is 1. The van der Waals surface area contributed by atoms with Gasteiger partial charge in [0.1, 0.15) is 5.58 Å². The van der Waals surface area contributed by atoms with Gasteiger partial charge in [0.25, 0.3) is 5.91 Å². The predicted octanol–water partition coefficient (Wildman–Crippen LogP) is 3.15. The molecule has 3 heterocycles. The van der Waals surface area contributed by atoms with Crippen molar-refractivity contribution >= 4 is 22.9 Å². The van der Waals surface area contributed by atoms with Gasteiger partial charge >= 0.3 is 6.03 Å². The number of urea groups is 1. The van der Waals surface area contributed by atoms with Crippen molar-refractivity contribution in [2.24, 2.45) is 0 Å². The largest absolute Gasteiger partial charge is 0.451 e. The molecule has 0 atom stereocenters. The van der Waals surface area contributed by atoms with Gasteiger partial charge in [-0.25, -0.2) is 4.79 Å². The van der Waals surface area contributed by atoms with E-state index in [1.54, 1.807) is 6.07 Å². The first-order chi connectivity index (χ1) is 12.6. The SMILES string of the molecule is Cc1cccc2cc(C(=O)NC3CCN(C(=O)N4CCCC4)CC3)oc12. The average molecular weight is 355 g/mol. The topological polar surface area (TPSA) is 65.8 Å². The minimum absolute atomic E-state index is 0.0828. The van der Waals surface area contributed by atoms with Gasteiger partial charge in [0.2, 0.25) is 0 Å². The number of aryl methyl sites for hydroxylation is 1. The summed E-state index contributed by atoms with van der Waals surface area (Å²) in [4.78, 5) is 28.8. The number of nitrogens with zero attached hydrogens (tertiary/aromatic N) is 2. The van der Waals surface area contributed by atoms with E-state index in [0.717, 1.165) is 55.3 Å². The molecule has 1 aromatic carbocycles. The smallest absolute Gasteiger partial charge is 0.319 e. The van der Waals surface area contributed by atoms with Gasteiger partial charge in [-0.05, 0) is 44.2 Å². The highest BCUT2D eigenvalue weighted by atomic mass is 16.3. The summed E-state index contributed by atoms with van der Waals surface area (Å²) in [6.07, 6.45) is 3.78. The van der Waals surface area contributed by atoms with Crippen LogP contribution < -0.4 is 5.32 Å². The molecule has 4 rings (SSSR count). The van der Waals surface area contributed by atoms with Crippen molar-refractivity contribution in [3.05, 3.63) is 35.6 Å². The number of carbonyl (C=O) groups excluding carboxylic acids is 2. The van der Waals surface area contributed by atoms with Gasteiger partial charge in [-0.1, -0.05) is 18.2 Å². The fraction of sp³-hybridized carbons (Fsp3) is 0.500. The molecule has 2 aliphatic rings. The van der Waals surface area contributed by atoms with Crippen molar-refractivity contribution in [1.82, 2.24) is 15.1 Å². The van der Waals surface area contributed by atoms with Crippen LogP contribution in [0.4, 0.5) is 4.79 Å². The Balaban J connectivity index is 1.34. The van der Waals surface area contributed by atoms with Gasteiger partial charge in [-0.2, -0.15) is 0 Å². The van der Waals surface area contributed by atoms with Crippen molar-refractivity contribution in [1.29, 1.82) is 0 Å². The van der Waals surface area contributed by atoms with Crippen LogP contribution in [-0.2, 0) is 0 Å². The third-order valence-corrected chi connectivity index (χ3v) is 5.44. The van der Waals surface area contributed by atoms with Gasteiger partial charge < -0.3 is 19.5 Å². The third kappa shape index (κ3) is 3.28. The standard InChI is InChI=1S/C20H25N3O3/c1-14-5-4-6-15-13-17(26-18(14)15)19(24)21-16-7-11-23(12-8-16)20(25)22-9-2-3-10-22/h4-6,13,16H,2-3,7-12H2,1H3,(H,21,24). The number of benzene rings is 1. The molecule has 138 valence electrons. The van der Waals surface area contributed by atoms with E-state index < -0.39 is 0 Å². The number of hydrogen-bond donors (Lipinski definition) is 1. The highest BCUT2D eigenvalue weighted by molar-refractivity contribution is 5.96. The molecule has 2 fully saturated rings. The number of fused-ring (bicyclic) bond motifs is 1. The second-order valence-electron chi connectivity index (χ2n) is 7.32. The zero-order valence-corrected chi connectivity index (χ0v) is 15.2. The van der Waals surface area contributed by atoms with Crippen LogP contribution in [0, 0.1) is 6.92 Å². The predicted molar refractivity (Wildman–Crippen MR) is 99.2 cm³/mol. The lowest BCUT2D eigenvalue weighted by Crippen LogP contribution is -2.50. The average Bonchev–Trinajstić information content (AvgIpc) is 3.32. The van der Waals surface area contributed by atoms with Crippen molar-refractivity contribution in [2.75, 3.05) is 26.2 Å². The Hall–Kier alpha value is -2.50. The molecule has 0 bridgehead atoms. The molecule has 2 aromatic rings. The zero-order valence-electron chi connectivity index (χ0n) is 15.2. The Morgan fingerprint density at radius 2 is 1.77 bits per heavy atom. The van der Waals surface area contributed by atoms with E-state index in [4.69, 9.17) is 4.42 Å². The normalized spacial score (nSPS) is 18.5. The van der Waals surface area contributed by atoms with Crippen molar-refractivity contribution in [2.45, 2.75) is 38.6 Å². The molecule has 6 nitrogen and oxygen atoms in total. The van der Waals surface area contributed by atoms with Crippen LogP contribution in [0.15, 0.2) is 28.7 Å². The first-order valence-electron chi connectivity index (χ1n) is 9.46. The number of hydrogen-bond acceptors (Lipinski definition) is 3. The number of amides is 3. The molecule has 0 radical (unpaired) electrons. The Labute approximate surface area is 153 Å². The number of nitrogens with one attached hydrogen (secondary N) is 1. The van der Waals surface area contributed by atoms with Gasteiger partial charge in [0.05, 0.1) is 0 Å². The van der Waals surface area contributed by atoms with E-state index in [1.165, 1.54) is 0 Å². The highest BCUT2D eigenvalue weighted by Crippen LogP contribution is 2.23. The lowest BCUT2D eigenvalue weighted by atomic mass is 10.1. The van der Waals surface area contributed by atoms with Gasteiger partial charge in [0.15, 0.2) is 5.76 Å². The zero-order chi connectivity index (χ0) is 18.1. The fourth-order valence-electron chi connectivity index (χ4n) is 3.90. The molecular formula is C20H25N3O3. The molecule has 0 unspecified atom stereocenters. The van der Waals surface area contributed by atoms with Crippen LogP contribution in [0.1, 0.15) is 41.8 Å². The van der Waals surface area contributed by atoms with Gasteiger partial charge in [-0.15, -0.1) is 0 Å². The summed E-state index contributed by atoms with van der Waals surface area (Å²) in [6, 6.07) is 7.91. The summed E-state index contributed by atoms with van der Waals surface area (Å²) in [7, 11) is 0. The Morgan fingerprint density at radius 1 is 1.08 bits per heavy atom. The maximum atomic E-state index is 12.5. The Bertz CT molecular complexity index is 815. The van der Waals surface area contributed by atoms with E-state index in [9.17, 15) is 9.59 Å². The molecule has 26 heavy (non-hydrogen) atoms. The maximum absolute atomic E-state index is 12.5. The number of likely N-dealkylation sites (tertiary alicyclic amines) is 2. The van der Waals surface area contributed by atoms with Crippen LogP contribution in [0.2, 0.25) is 0 Å². The second-order valence-corrected chi connectivity index (χ2v) is 7.32. The molecule has 0 saturated carbocycles. The Morgan fingerprint density at radius 3 is 2.46 bits per heavy atom. The number of para-hydroxylation sites is 1. The van der Waals surface area contributed by atoms with Crippen LogP contribution in [0.25, 0.3) is 11.0 Å². The molecule has 0 spiro atoms. The van der Waals surface area contributed by atoms with E-state index in [0.29, 0.717) is 18.8 Å². The monoisotopic (exact) mass is 355 g/mol. The Kier molecular flexibility index (Phi) is 4.57. The first kappa shape index (κ1) is 16.9. The van der Waals surface area contributed by atoms with Crippen LogP contribution >= 0.6 is 0 Å². The minimum Gasteiger partial charge on any atom is -0.451 e. The lowest BCUT2D eigenvalue weighted by Gasteiger charge is -2.34. The van der Waals surface area contributed by atoms with Crippen molar-refractivity contribution in [3.8, 4) is 0 Å². The van der Waals surface area contributed by atoms with Crippen LogP contribution in [0.3, 0.4) is 0 Å². The molecule has 3 amide bonds. The van der Waals surface area contributed by atoms with Crippen LogP contribution in [0.5, 0.6) is 0 Å². The molecule has 0 aliphatic carbocycles. The highest BCUT2D eigenvalue weighted by Gasteiger charge is 2.28. The third-order valence-electron chi connectivity index (χ3n) is 5.44. The quantitative estimate of drug-likeness (QED) is 0.900. The minimum atomic E-state index is -0.176. The second kappa shape index (κ2) is 7.02. The van der Waals surface area contributed by atoms with Gasteiger partial charge in [-0.3, -0.25) is 4.79 Å². The summed E-state index contributed by atoms with van der Waals surface area (Å²) in [5.41, 5.74) is 1.79. The number of furan rings is 1. The van der Waals surface area contributed by atoms with E-state index in [2.05, 4.69) is 5.32 Å². The van der Waals surface area contributed by atoms with Crippen LogP contribution in [-0.4, -0.2) is 54.0 Å². The van der Waals surface area contributed by atoms with Crippen molar-refractivity contribution < 1.29 is 14.0 Å². The molecule has 2 aliphatic heterocycles. The number of rotatable bonds is 2. The van der Waals surface area contributed by atoms with E-state index in [1.807, 2.05) is 34.9 Å². The van der Waals surface area contributed by atoms with Gasteiger partial charge in [0, 0.05) is 37.6 Å². The molecular weight excluding hydrogens is 330 g/mol. The fourth-order valence-corrected chi connectivity index (χ4v) is 3.90. The molecule has 1 N–H and O–H groups in total. The molecule has 6 heteroatoms.